The van der Waals surface area contributed by atoms with E-state index >= 15 is 0 Å². The Morgan fingerprint density at radius 1 is 1.27 bits per heavy atom. The molecule has 22 heavy (non-hydrogen) atoms. The van der Waals surface area contributed by atoms with Crippen molar-refractivity contribution in [1.82, 2.24) is 14.9 Å². The monoisotopic (exact) mass is 440 g/mol. The van der Waals surface area contributed by atoms with E-state index in [9.17, 15) is 8.42 Å². The molecule has 0 spiro atoms. The normalized spacial score (nSPS) is 12.2. The van der Waals surface area contributed by atoms with Gasteiger partial charge in [-0.2, -0.15) is 0 Å². The molecule has 8 heteroatoms. The Morgan fingerprint density at radius 3 is 2.36 bits per heavy atom. The molecule has 1 rings (SSSR count). The average molecular weight is 440 g/mol. The first kappa shape index (κ1) is 21.1. The molecule has 0 unspecified atom stereocenters. The Balaban J connectivity index is 0.00000441. The molecule has 0 saturated carbocycles. The summed E-state index contributed by atoms with van der Waals surface area (Å²) in [5.41, 5.74) is 0.706. The largest absolute Gasteiger partial charge is 0.354 e. The Labute approximate surface area is 150 Å². The maximum Gasteiger partial charge on any atom is 0.242 e. The predicted octanol–water partition coefficient (Wildman–Crippen LogP) is 1.63. The number of hydrogen-bond donors (Lipinski definition) is 2. The molecule has 1 aromatic carbocycles. The summed E-state index contributed by atoms with van der Waals surface area (Å²) >= 11 is 0. The molecule has 0 aliphatic carbocycles. The van der Waals surface area contributed by atoms with E-state index in [1.54, 1.807) is 25.2 Å². The summed E-state index contributed by atoms with van der Waals surface area (Å²) in [7, 11) is 1.28. The number of benzene rings is 1. The van der Waals surface area contributed by atoms with Gasteiger partial charge in [-0.05, 0) is 25.5 Å². The highest BCUT2D eigenvalue weighted by Gasteiger charge is 2.20. The van der Waals surface area contributed by atoms with Gasteiger partial charge in [0.15, 0.2) is 5.96 Å². The molecule has 0 heterocycles. The maximum atomic E-state index is 12.3. The number of nitrogens with one attached hydrogen (secondary N) is 2. The molecule has 2 N–H and O–H groups in total. The van der Waals surface area contributed by atoms with Gasteiger partial charge in [0.25, 0.3) is 0 Å². The molecule has 126 valence electrons. The van der Waals surface area contributed by atoms with E-state index in [4.69, 9.17) is 0 Å². The van der Waals surface area contributed by atoms with E-state index in [1.807, 2.05) is 19.9 Å². The standard InChI is InChI=1S/C14H24N4O2S.HI/c1-11(2)17-14(15-3)16-10-12-8-6-7-9-13(12)21(19,20)18(4)5;/h6-9,11H,10H2,1-5H3,(H2,15,16,17);1H. The third kappa shape index (κ3) is 5.73. The van der Waals surface area contributed by atoms with E-state index < -0.39 is 10.0 Å². The average Bonchev–Trinajstić information content (AvgIpc) is 2.43. The molecular weight excluding hydrogens is 415 g/mol. The molecule has 6 nitrogen and oxygen atoms in total. The number of guanidine groups is 1. The fourth-order valence-corrected chi connectivity index (χ4v) is 2.86. The van der Waals surface area contributed by atoms with Crippen LogP contribution in [0.2, 0.25) is 0 Å². The zero-order valence-electron chi connectivity index (χ0n) is 13.6. The SMILES string of the molecule is CN=C(NCc1ccccc1S(=O)(=O)N(C)C)NC(C)C.I. The van der Waals surface area contributed by atoms with Crippen molar-refractivity contribution >= 4 is 40.0 Å². The van der Waals surface area contributed by atoms with Crippen LogP contribution in [0, 0.1) is 0 Å². The van der Waals surface area contributed by atoms with Crippen LogP contribution in [0.5, 0.6) is 0 Å². The van der Waals surface area contributed by atoms with Crippen molar-refractivity contribution in [1.29, 1.82) is 0 Å². The van der Waals surface area contributed by atoms with Crippen LogP contribution in [0.3, 0.4) is 0 Å². The van der Waals surface area contributed by atoms with Crippen molar-refractivity contribution in [2.45, 2.75) is 31.3 Å². The lowest BCUT2D eigenvalue weighted by Gasteiger charge is -2.17. The summed E-state index contributed by atoms with van der Waals surface area (Å²) in [5, 5.41) is 6.28. The van der Waals surface area contributed by atoms with Crippen molar-refractivity contribution in [2.24, 2.45) is 4.99 Å². The topological polar surface area (TPSA) is 73.8 Å². The lowest BCUT2D eigenvalue weighted by Crippen LogP contribution is -2.40. The van der Waals surface area contributed by atoms with Gasteiger partial charge < -0.3 is 10.6 Å². The third-order valence-electron chi connectivity index (χ3n) is 2.83. The third-order valence-corrected chi connectivity index (χ3v) is 4.74. The highest BCUT2D eigenvalue weighted by molar-refractivity contribution is 14.0. The molecule has 0 aliphatic heterocycles. The molecule has 1 aromatic rings. The minimum atomic E-state index is -3.45. The molecule has 0 bridgehead atoms. The van der Waals surface area contributed by atoms with E-state index in [2.05, 4.69) is 15.6 Å². The second kappa shape index (κ2) is 9.31. The Kier molecular flexibility index (Phi) is 8.94. The highest BCUT2D eigenvalue weighted by Crippen LogP contribution is 2.18. The van der Waals surface area contributed by atoms with Crippen LogP contribution in [-0.2, 0) is 16.6 Å². The van der Waals surface area contributed by atoms with Gasteiger partial charge in [0.2, 0.25) is 10.0 Å². The number of hydrogen-bond acceptors (Lipinski definition) is 3. The minimum absolute atomic E-state index is 0. The smallest absolute Gasteiger partial charge is 0.242 e. The van der Waals surface area contributed by atoms with Gasteiger partial charge in [-0.1, -0.05) is 18.2 Å². The van der Waals surface area contributed by atoms with Crippen LogP contribution >= 0.6 is 24.0 Å². The summed E-state index contributed by atoms with van der Waals surface area (Å²) < 4.78 is 25.8. The summed E-state index contributed by atoms with van der Waals surface area (Å²) in [5.74, 6) is 0.641. The lowest BCUT2D eigenvalue weighted by atomic mass is 10.2. The zero-order chi connectivity index (χ0) is 16.0. The van der Waals surface area contributed by atoms with Crippen LogP contribution in [0.15, 0.2) is 34.2 Å². The first-order valence-electron chi connectivity index (χ1n) is 6.76. The molecule has 0 aromatic heterocycles. The number of aliphatic imine (C=N–C) groups is 1. The fraction of sp³-hybridized carbons (Fsp3) is 0.500. The Hall–Kier alpha value is -0.870. The number of nitrogens with zero attached hydrogens (tertiary/aromatic N) is 2. The zero-order valence-corrected chi connectivity index (χ0v) is 16.8. The van der Waals surface area contributed by atoms with Gasteiger partial charge in [-0.3, -0.25) is 4.99 Å². The van der Waals surface area contributed by atoms with Crippen molar-refractivity contribution < 1.29 is 8.42 Å². The number of halogens is 1. The lowest BCUT2D eigenvalue weighted by molar-refractivity contribution is 0.519. The Bertz CT molecular complexity index is 601. The van der Waals surface area contributed by atoms with Crippen LogP contribution in [-0.4, -0.2) is 45.9 Å². The van der Waals surface area contributed by atoms with E-state index in [0.29, 0.717) is 23.0 Å². The quantitative estimate of drug-likeness (QED) is 0.415. The first-order valence-corrected chi connectivity index (χ1v) is 8.20. The number of rotatable bonds is 5. The Morgan fingerprint density at radius 2 is 1.86 bits per heavy atom. The van der Waals surface area contributed by atoms with Gasteiger partial charge in [0, 0.05) is 33.7 Å². The maximum absolute atomic E-state index is 12.3. The van der Waals surface area contributed by atoms with Crippen LogP contribution < -0.4 is 10.6 Å². The van der Waals surface area contributed by atoms with Crippen LogP contribution in [0.1, 0.15) is 19.4 Å². The van der Waals surface area contributed by atoms with Crippen LogP contribution in [0.4, 0.5) is 0 Å². The molecular formula is C14H25IN4O2S. The molecule has 0 aliphatic rings. The molecule has 0 fully saturated rings. The molecule has 0 radical (unpaired) electrons. The minimum Gasteiger partial charge on any atom is -0.354 e. The van der Waals surface area contributed by atoms with Crippen molar-refractivity contribution in [2.75, 3.05) is 21.1 Å². The second-order valence-electron chi connectivity index (χ2n) is 5.12. The summed E-state index contributed by atoms with van der Waals surface area (Å²) in [6.07, 6.45) is 0. The van der Waals surface area contributed by atoms with Gasteiger partial charge in [-0.15, -0.1) is 24.0 Å². The van der Waals surface area contributed by atoms with Gasteiger partial charge >= 0.3 is 0 Å². The molecule has 0 saturated heterocycles. The van der Waals surface area contributed by atoms with E-state index in [0.717, 1.165) is 0 Å². The highest BCUT2D eigenvalue weighted by atomic mass is 127. The van der Waals surface area contributed by atoms with Gasteiger partial charge in [0.05, 0.1) is 4.90 Å². The van der Waals surface area contributed by atoms with Crippen molar-refractivity contribution in [3.8, 4) is 0 Å². The van der Waals surface area contributed by atoms with Crippen molar-refractivity contribution in [3.05, 3.63) is 29.8 Å². The summed E-state index contributed by atoms with van der Waals surface area (Å²) in [6.45, 7) is 4.41. The number of sulfonamides is 1. The van der Waals surface area contributed by atoms with E-state index in [-0.39, 0.29) is 30.0 Å². The van der Waals surface area contributed by atoms with Crippen molar-refractivity contribution in [3.63, 3.8) is 0 Å². The molecule has 0 atom stereocenters. The summed E-state index contributed by atoms with van der Waals surface area (Å²) in [4.78, 5) is 4.41. The predicted molar refractivity (Wildman–Crippen MR) is 101 cm³/mol. The van der Waals surface area contributed by atoms with E-state index in [1.165, 1.54) is 18.4 Å². The second-order valence-corrected chi connectivity index (χ2v) is 7.24. The van der Waals surface area contributed by atoms with Gasteiger partial charge in [0.1, 0.15) is 0 Å². The molecule has 0 amide bonds. The van der Waals surface area contributed by atoms with Gasteiger partial charge in [-0.25, -0.2) is 12.7 Å². The fourth-order valence-electron chi connectivity index (χ4n) is 1.75. The first-order chi connectivity index (χ1) is 9.78. The summed E-state index contributed by atoms with van der Waals surface area (Å²) in [6, 6.07) is 7.21. The van der Waals surface area contributed by atoms with Crippen LogP contribution in [0.25, 0.3) is 0 Å².